The number of carboxylic acid groups (broad SMARTS) is 1. The summed E-state index contributed by atoms with van der Waals surface area (Å²) in [5, 5.41) is 11.8. The van der Waals surface area contributed by atoms with Gasteiger partial charge in [-0.1, -0.05) is 251 Å². The Morgan fingerprint density at radius 3 is 1.06 bits per heavy atom. The van der Waals surface area contributed by atoms with E-state index in [9.17, 15) is 19.5 Å². The van der Waals surface area contributed by atoms with Gasteiger partial charge in [0.25, 0.3) is 0 Å². The minimum Gasteiger partial charge on any atom is -0.545 e. The highest BCUT2D eigenvalue weighted by molar-refractivity contribution is 5.70. The van der Waals surface area contributed by atoms with Gasteiger partial charge in [-0.3, -0.25) is 9.59 Å². The molecule has 0 radical (unpaired) electrons. The first kappa shape index (κ1) is 75.7. The van der Waals surface area contributed by atoms with E-state index >= 15 is 0 Å². The van der Waals surface area contributed by atoms with Crippen molar-refractivity contribution in [1.82, 2.24) is 0 Å². The summed E-state index contributed by atoms with van der Waals surface area (Å²) < 4.78 is 22.7. The third-order valence-electron chi connectivity index (χ3n) is 13.4. The summed E-state index contributed by atoms with van der Waals surface area (Å²) >= 11 is 0. The molecule has 0 heterocycles. The Morgan fingerprint density at radius 1 is 0.388 bits per heavy atom. The molecule has 9 heteroatoms. The second-order valence-corrected chi connectivity index (χ2v) is 22.3. The summed E-state index contributed by atoms with van der Waals surface area (Å²) in [6, 6.07) is 0. The maximum Gasteiger partial charge on any atom is 0.306 e. The molecule has 9 nitrogen and oxygen atoms in total. The number of quaternary nitrogens is 1. The Balaban J connectivity index is 4.16. The standard InChI is InChI=1S/C71H119NO8/c1-6-8-10-12-14-16-18-20-22-24-26-27-28-29-30-31-32-33-34-35-36-37-38-39-40-41-42-43-44-46-48-50-52-54-56-58-60-62-69(74)80-67(66-79-71(70(75)76)77-64-63-72(3,4)5)65-78-68(73)61-59-57-55-53-51-49-47-45-25-23-21-19-17-15-13-11-9-7-2/h8,10,14,16-17,19-20,22-23,25-27,29-30,32-33,35-36,38-39,67,71H,6-7,9,11-13,15,18,21,24,28,31,34,37,40-66H2,1-5H3/b10-8-,16-14-,19-17-,22-20-,25-23-,27-26-,30-29-,33-32-,36-35-,39-38-. The predicted octanol–water partition coefficient (Wildman–Crippen LogP) is 18.3. The molecule has 0 aliphatic heterocycles. The fourth-order valence-electron chi connectivity index (χ4n) is 8.52. The molecule has 2 atom stereocenters. The van der Waals surface area contributed by atoms with Crippen LogP contribution in [0.15, 0.2) is 122 Å². The van der Waals surface area contributed by atoms with Gasteiger partial charge >= 0.3 is 11.9 Å². The van der Waals surface area contributed by atoms with Gasteiger partial charge in [0.15, 0.2) is 12.4 Å². The van der Waals surface area contributed by atoms with Crippen molar-refractivity contribution in [2.24, 2.45) is 0 Å². The highest BCUT2D eigenvalue weighted by Crippen LogP contribution is 2.16. The molecule has 0 aromatic heterocycles. The van der Waals surface area contributed by atoms with Crippen LogP contribution in [0.25, 0.3) is 0 Å². The van der Waals surface area contributed by atoms with Crippen LogP contribution < -0.4 is 5.11 Å². The Hall–Kier alpha value is -4.31. The number of unbranched alkanes of at least 4 members (excludes halogenated alkanes) is 23. The van der Waals surface area contributed by atoms with Crippen molar-refractivity contribution in [1.29, 1.82) is 0 Å². The average molecular weight is 1110 g/mol. The second-order valence-electron chi connectivity index (χ2n) is 22.3. The summed E-state index contributed by atoms with van der Waals surface area (Å²) in [5.74, 6) is -2.30. The van der Waals surface area contributed by atoms with E-state index < -0.39 is 24.3 Å². The summed E-state index contributed by atoms with van der Waals surface area (Å²) in [7, 11) is 5.92. The van der Waals surface area contributed by atoms with Crippen molar-refractivity contribution in [2.75, 3.05) is 47.5 Å². The highest BCUT2D eigenvalue weighted by Gasteiger charge is 2.22. The minimum atomic E-state index is -1.63. The molecular weight excluding hydrogens is 995 g/mol. The summed E-state index contributed by atoms with van der Waals surface area (Å²) in [6.45, 7) is 4.60. The number of aliphatic carboxylic acids is 1. The van der Waals surface area contributed by atoms with Gasteiger partial charge in [-0.15, -0.1) is 0 Å². The van der Waals surface area contributed by atoms with E-state index in [0.717, 1.165) is 109 Å². The number of rotatable bonds is 58. The number of likely N-dealkylation sites (N-methyl/N-ethyl adjacent to an activating group) is 1. The number of carboxylic acids is 1. The first-order valence-corrected chi connectivity index (χ1v) is 32.2. The summed E-state index contributed by atoms with van der Waals surface area (Å²) in [4.78, 5) is 37.4. The average Bonchev–Trinajstić information content (AvgIpc) is 3.43. The lowest BCUT2D eigenvalue weighted by Gasteiger charge is -2.26. The fourth-order valence-corrected chi connectivity index (χ4v) is 8.52. The summed E-state index contributed by atoms with van der Waals surface area (Å²) in [6.07, 6.45) is 82.6. The predicted molar refractivity (Wildman–Crippen MR) is 338 cm³/mol. The van der Waals surface area contributed by atoms with Crippen molar-refractivity contribution in [3.63, 3.8) is 0 Å². The molecule has 0 aromatic carbocycles. The van der Waals surface area contributed by atoms with Crippen molar-refractivity contribution < 1.29 is 42.9 Å². The van der Waals surface area contributed by atoms with E-state index in [4.69, 9.17) is 18.9 Å². The number of hydrogen-bond acceptors (Lipinski definition) is 8. The molecule has 2 unspecified atom stereocenters. The monoisotopic (exact) mass is 1110 g/mol. The maximum absolute atomic E-state index is 12.9. The molecule has 0 rings (SSSR count). The van der Waals surface area contributed by atoms with Gasteiger partial charge in [-0.05, 0) is 109 Å². The smallest absolute Gasteiger partial charge is 0.306 e. The van der Waals surface area contributed by atoms with Crippen LogP contribution in [0, 0.1) is 0 Å². The van der Waals surface area contributed by atoms with Crippen LogP contribution in [-0.4, -0.2) is 82.3 Å². The van der Waals surface area contributed by atoms with Gasteiger partial charge in [-0.25, -0.2) is 0 Å². The molecule has 0 spiro atoms. The van der Waals surface area contributed by atoms with Crippen LogP contribution >= 0.6 is 0 Å². The topological polar surface area (TPSA) is 111 Å². The quantitative estimate of drug-likeness (QED) is 0.0195. The number of hydrogen-bond donors (Lipinski definition) is 0. The number of ether oxygens (including phenoxy) is 4. The number of esters is 2. The van der Waals surface area contributed by atoms with Crippen molar-refractivity contribution in [2.45, 2.75) is 264 Å². The molecule has 0 aromatic rings. The SMILES string of the molecule is CC/C=C\C/C=C\C/C=C\C/C=C\C/C=C\C/C=C\C/C=C\C/C=C\CCCCCCCCCCCCCCC(=O)OC(COC(=O)CCCCCCCCC/C=C\C/C=C\CCCCCC)COC(OCC[N+](C)(C)C)C(=O)[O-]. The molecule has 0 aliphatic carbocycles. The third kappa shape index (κ3) is 61.3. The van der Waals surface area contributed by atoms with Crippen LogP contribution in [-0.2, 0) is 33.3 Å². The van der Waals surface area contributed by atoms with Crippen LogP contribution in [0.1, 0.15) is 251 Å². The normalized spacial score (nSPS) is 13.6. The fraction of sp³-hybridized carbons (Fsp3) is 0.676. The van der Waals surface area contributed by atoms with Gasteiger partial charge in [-0.2, -0.15) is 0 Å². The lowest BCUT2D eigenvalue weighted by molar-refractivity contribution is -0.870. The number of carbonyl (C=O) groups excluding carboxylic acids is 3. The van der Waals surface area contributed by atoms with Crippen molar-refractivity contribution in [3.8, 4) is 0 Å². The molecular formula is C71H119NO8. The van der Waals surface area contributed by atoms with Crippen molar-refractivity contribution in [3.05, 3.63) is 122 Å². The molecule has 80 heavy (non-hydrogen) atoms. The van der Waals surface area contributed by atoms with E-state index in [2.05, 4.69) is 135 Å². The van der Waals surface area contributed by atoms with Crippen LogP contribution in [0.5, 0.6) is 0 Å². The summed E-state index contributed by atoms with van der Waals surface area (Å²) in [5.41, 5.74) is 0. The van der Waals surface area contributed by atoms with Gasteiger partial charge in [0.05, 0.1) is 40.3 Å². The van der Waals surface area contributed by atoms with Gasteiger partial charge in [0, 0.05) is 12.8 Å². The largest absolute Gasteiger partial charge is 0.545 e. The zero-order chi connectivity index (χ0) is 58.3. The first-order chi connectivity index (χ1) is 39.1. The molecule has 0 bridgehead atoms. The zero-order valence-corrected chi connectivity index (χ0v) is 51.9. The zero-order valence-electron chi connectivity index (χ0n) is 51.9. The van der Waals surface area contributed by atoms with E-state index in [-0.39, 0.29) is 38.6 Å². The van der Waals surface area contributed by atoms with Crippen LogP contribution in [0.4, 0.5) is 0 Å². The number of carbonyl (C=O) groups is 3. The molecule has 0 amide bonds. The number of allylic oxidation sites excluding steroid dienone is 20. The lowest BCUT2D eigenvalue weighted by Crippen LogP contribution is -2.44. The lowest BCUT2D eigenvalue weighted by atomic mass is 10.0. The molecule has 0 saturated heterocycles. The third-order valence-corrected chi connectivity index (χ3v) is 13.4. The minimum absolute atomic E-state index is 0.141. The Morgan fingerprint density at radius 2 is 0.713 bits per heavy atom. The van der Waals surface area contributed by atoms with E-state index in [1.54, 1.807) is 0 Å². The molecule has 456 valence electrons. The van der Waals surface area contributed by atoms with E-state index in [1.807, 2.05) is 21.1 Å². The highest BCUT2D eigenvalue weighted by atomic mass is 16.7. The van der Waals surface area contributed by atoms with Crippen molar-refractivity contribution >= 4 is 17.9 Å². The molecule has 0 aliphatic rings. The Labute approximate surface area is 491 Å². The molecule has 0 saturated carbocycles. The molecule has 0 N–H and O–H groups in total. The van der Waals surface area contributed by atoms with E-state index in [0.29, 0.717) is 17.4 Å². The van der Waals surface area contributed by atoms with Gasteiger partial charge < -0.3 is 33.3 Å². The Kier molecular flexibility index (Phi) is 57.5. The second kappa shape index (κ2) is 60.8. The van der Waals surface area contributed by atoms with E-state index in [1.165, 1.54) is 109 Å². The maximum atomic E-state index is 12.9. The van der Waals surface area contributed by atoms with Crippen LogP contribution in [0.2, 0.25) is 0 Å². The van der Waals surface area contributed by atoms with Gasteiger partial charge in [0.1, 0.15) is 13.2 Å². The first-order valence-electron chi connectivity index (χ1n) is 32.2. The molecule has 0 fully saturated rings. The van der Waals surface area contributed by atoms with Gasteiger partial charge in [0.2, 0.25) is 0 Å². The number of nitrogens with zero attached hydrogens (tertiary/aromatic N) is 1. The van der Waals surface area contributed by atoms with Crippen LogP contribution in [0.3, 0.4) is 0 Å². The Bertz CT molecular complexity index is 1730.